The Morgan fingerprint density at radius 2 is 1.62 bits per heavy atom. The highest BCUT2D eigenvalue weighted by Crippen LogP contribution is 2.24. The summed E-state index contributed by atoms with van der Waals surface area (Å²) < 4.78 is 28.1. The zero-order valence-corrected chi connectivity index (χ0v) is 19.8. The van der Waals surface area contributed by atoms with Gasteiger partial charge in [0.25, 0.3) is 0 Å². The Hall–Kier alpha value is -0.560. The van der Waals surface area contributed by atoms with Gasteiger partial charge in [-0.3, -0.25) is 0 Å². The summed E-state index contributed by atoms with van der Waals surface area (Å²) in [5.74, 6) is 0. The highest BCUT2D eigenvalue weighted by atomic mass is 16.7. The molecular weight excluding hydrogens is 454 g/mol. The van der Waals surface area contributed by atoms with Gasteiger partial charge in [0.1, 0.15) is 18.3 Å². The second-order valence-electron chi connectivity index (χ2n) is 9.06. The minimum absolute atomic E-state index is 0.0595. The molecular formula is C20H43N5O9. The number of aliphatic hydroxyl groups excluding tert-OH is 4. The minimum Gasteiger partial charge on any atom is -0.394 e. The molecule has 14 N–H and O–H groups in total. The van der Waals surface area contributed by atoms with Gasteiger partial charge in [-0.2, -0.15) is 0 Å². The molecule has 34 heavy (non-hydrogen) atoms. The summed E-state index contributed by atoms with van der Waals surface area (Å²) in [5, 5.41) is 39.8. The lowest BCUT2D eigenvalue weighted by atomic mass is 9.96. The molecule has 9 unspecified atom stereocenters. The fourth-order valence-corrected chi connectivity index (χ4v) is 4.05. The molecule has 2 fully saturated rings. The van der Waals surface area contributed by atoms with E-state index in [-0.39, 0.29) is 26.0 Å². The Bertz CT molecular complexity index is 595. The van der Waals surface area contributed by atoms with Crippen molar-refractivity contribution in [2.45, 2.75) is 99.2 Å². The normalized spacial score (nSPS) is 40.5. The second-order valence-corrected chi connectivity index (χ2v) is 9.06. The van der Waals surface area contributed by atoms with Crippen LogP contribution in [0, 0.1) is 0 Å². The molecule has 0 aromatic carbocycles. The van der Waals surface area contributed by atoms with Crippen LogP contribution in [0.25, 0.3) is 0 Å². The third kappa shape index (κ3) is 7.47. The molecule has 0 amide bonds. The summed E-state index contributed by atoms with van der Waals surface area (Å²) in [7, 11) is 1.46. The molecule has 14 nitrogen and oxygen atoms in total. The largest absolute Gasteiger partial charge is 0.394 e. The predicted octanol–water partition coefficient (Wildman–Crippen LogP) is -5.00. The molecule has 2 heterocycles. The third-order valence-corrected chi connectivity index (χ3v) is 6.38. The molecule has 0 saturated carbocycles. The van der Waals surface area contributed by atoms with Gasteiger partial charge in [0.05, 0.1) is 49.7 Å². The molecule has 2 rings (SSSR count). The topological polar surface area (TPSA) is 257 Å². The van der Waals surface area contributed by atoms with E-state index in [4.69, 9.17) is 52.4 Å². The highest BCUT2D eigenvalue weighted by molar-refractivity contribution is 4.93. The van der Waals surface area contributed by atoms with Crippen molar-refractivity contribution < 1.29 is 44.1 Å². The maximum Gasteiger partial charge on any atom is 0.186 e. The van der Waals surface area contributed by atoms with E-state index < -0.39 is 86.1 Å². The van der Waals surface area contributed by atoms with Crippen molar-refractivity contribution in [2.75, 3.05) is 26.9 Å². The van der Waals surface area contributed by atoms with Crippen molar-refractivity contribution in [1.82, 2.24) is 0 Å². The molecule has 0 radical (unpaired) electrons. The maximum atomic E-state index is 10.4. The molecule has 14 heteroatoms. The van der Waals surface area contributed by atoms with Crippen LogP contribution < -0.4 is 28.7 Å². The van der Waals surface area contributed by atoms with Gasteiger partial charge in [-0.1, -0.05) is 0 Å². The first-order valence-electron chi connectivity index (χ1n) is 11.5. The van der Waals surface area contributed by atoms with Crippen LogP contribution in [0.2, 0.25) is 0 Å². The molecule has 0 spiro atoms. The quantitative estimate of drug-likeness (QED) is 0.122. The first-order chi connectivity index (χ1) is 16.0. The van der Waals surface area contributed by atoms with Gasteiger partial charge in [0, 0.05) is 25.7 Å². The predicted molar refractivity (Wildman–Crippen MR) is 120 cm³/mol. The summed E-state index contributed by atoms with van der Waals surface area (Å²) in [6.45, 7) is 1.43. The Balaban J connectivity index is 1.95. The van der Waals surface area contributed by atoms with Crippen LogP contribution in [-0.2, 0) is 23.7 Å². The molecule has 2 aliphatic heterocycles. The first kappa shape index (κ1) is 29.7. The van der Waals surface area contributed by atoms with Gasteiger partial charge in [0.2, 0.25) is 0 Å². The van der Waals surface area contributed by atoms with E-state index in [0.29, 0.717) is 0 Å². The van der Waals surface area contributed by atoms with E-state index in [1.165, 1.54) is 7.11 Å². The number of nitrogens with two attached hydrogens (primary N) is 5. The van der Waals surface area contributed by atoms with E-state index in [1.54, 1.807) is 6.92 Å². The van der Waals surface area contributed by atoms with Crippen LogP contribution in [0.4, 0.5) is 0 Å². The van der Waals surface area contributed by atoms with Gasteiger partial charge in [0.15, 0.2) is 12.6 Å². The zero-order valence-electron chi connectivity index (χ0n) is 19.8. The smallest absolute Gasteiger partial charge is 0.186 e. The molecule has 2 saturated heterocycles. The van der Waals surface area contributed by atoms with Crippen LogP contribution in [0.3, 0.4) is 0 Å². The van der Waals surface area contributed by atoms with E-state index in [9.17, 15) is 20.4 Å². The SMILES string of the molecule is COC[C@H](OC1OC(CO)C(O)C(N)C1O)C(N)CC(N)[C@H](C)OC1OC(CN)[C@@H](O)C[C@@H]1N. The molecule has 0 aromatic heterocycles. The molecule has 202 valence electrons. The maximum absolute atomic E-state index is 10.4. The second kappa shape index (κ2) is 13.7. The molecule has 0 aliphatic carbocycles. The lowest BCUT2D eigenvalue weighted by Gasteiger charge is -2.42. The number of hydrogen-bond acceptors (Lipinski definition) is 14. The van der Waals surface area contributed by atoms with Crippen molar-refractivity contribution in [3.63, 3.8) is 0 Å². The van der Waals surface area contributed by atoms with E-state index >= 15 is 0 Å². The van der Waals surface area contributed by atoms with Crippen LogP contribution in [0.15, 0.2) is 0 Å². The van der Waals surface area contributed by atoms with Crippen LogP contribution in [0.1, 0.15) is 19.8 Å². The van der Waals surface area contributed by atoms with Crippen molar-refractivity contribution in [3.8, 4) is 0 Å². The molecule has 13 atom stereocenters. The third-order valence-electron chi connectivity index (χ3n) is 6.38. The van der Waals surface area contributed by atoms with Crippen molar-refractivity contribution >= 4 is 0 Å². The van der Waals surface area contributed by atoms with Crippen molar-refractivity contribution in [3.05, 3.63) is 0 Å². The standard InChI is InChI=1S/C20H43N5O9/c1-8(31-19-11(24)4-12(27)13(5-21)32-19)9(22)3-10(23)15(7-30-2)34-20-18(29)16(25)17(28)14(6-26)33-20/h8-20,26-29H,3-7,21-25H2,1-2H3/t8-,9?,10?,11-,12-,13?,14?,15-,16?,17?,18?,19?,20?/m0/s1. The van der Waals surface area contributed by atoms with Crippen LogP contribution >= 0.6 is 0 Å². The Morgan fingerprint density at radius 3 is 2.21 bits per heavy atom. The van der Waals surface area contributed by atoms with Crippen molar-refractivity contribution in [1.29, 1.82) is 0 Å². The van der Waals surface area contributed by atoms with Crippen molar-refractivity contribution in [2.24, 2.45) is 28.7 Å². The number of methoxy groups -OCH3 is 1. The zero-order chi connectivity index (χ0) is 25.6. The Labute approximate surface area is 199 Å². The Morgan fingerprint density at radius 1 is 0.971 bits per heavy atom. The van der Waals surface area contributed by atoms with Gasteiger partial charge in [-0.15, -0.1) is 0 Å². The van der Waals surface area contributed by atoms with E-state index in [1.807, 2.05) is 0 Å². The van der Waals surface area contributed by atoms with Gasteiger partial charge >= 0.3 is 0 Å². The fourth-order valence-electron chi connectivity index (χ4n) is 4.05. The van der Waals surface area contributed by atoms with Gasteiger partial charge < -0.3 is 72.8 Å². The fraction of sp³-hybridized carbons (Fsp3) is 1.00. The highest BCUT2D eigenvalue weighted by Gasteiger charge is 2.44. The average Bonchev–Trinajstić information content (AvgIpc) is 2.80. The first-order valence-corrected chi connectivity index (χ1v) is 11.5. The van der Waals surface area contributed by atoms with E-state index in [2.05, 4.69) is 0 Å². The molecule has 2 aliphatic rings. The Kier molecular flexibility index (Phi) is 11.9. The van der Waals surface area contributed by atoms with Crippen LogP contribution in [0.5, 0.6) is 0 Å². The summed E-state index contributed by atoms with van der Waals surface area (Å²) in [4.78, 5) is 0. The van der Waals surface area contributed by atoms with Gasteiger partial charge in [-0.25, -0.2) is 0 Å². The summed E-state index contributed by atoms with van der Waals surface area (Å²) in [5.41, 5.74) is 30.2. The number of rotatable bonds is 12. The summed E-state index contributed by atoms with van der Waals surface area (Å²) >= 11 is 0. The lowest BCUT2D eigenvalue weighted by molar-refractivity contribution is -0.293. The number of aliphatic hydroxyl groups is 4. The monoisotopic (exact) mass is 497 g/mol. The van der Waals surface area contributed by atoms with Gasteiger partial charge in [-0.05, 0) is 19.8 Å². The summed E-state index contributed by atoms with van der Waals surface area (Å²) in [6.07, 6.45) is -7.74. The minimum atomic E-state index is -1.35. The lowest BCUT2D eigenvalue weighted by Crippen LogP contribution is -2.64. The molecule has 0 aromatic rings. The number of hydrogen-bond donors (Lipinski definition) is 9. The molecule has 0 bridgehead atoms. The average molecular weight is 498 g/mol. The van der Waals surface area contributed by atoms with E-state index in [0.717, 1.165) is 0 Å². The number of ether oxygens (including phenoxy) is 5. The summed E-state index contributed by atoms with van der Waals surface area (Å²) in [6, 6.07) is -2.84. The van der Waals surface area contributed by atoms with Crippen LogP contribution in [-0.4, -0.2) is 127 Å².